The SMILES string of the molecule is [Ce+3].[F-].[F-].[F-].[F-].[K+]. The fourth-order valence-corrected chi connectivity index (χ4v) is 0. The van der Waals surface area contributed by atoms with Gasteiger partial charge in [0.25, 0.3) is 0 Å². The summed E-state index contributed by atoms with van der Waals surface area (Å²) in [5.74, 6) is 0. The first-order chi connectivity index (χ1) is 0. The Morgan fingerprint density at radius 2 is 0.500 bits per heavy atom. The van der Waals surface area contributed by atoms with Crippen LogP contribution in [-0.2, 0) is 0 Å². The molecule has 0 aromatic carbocycles. The Kier molecular flexibility index (Phi) is 547. The van der Waals surface area contributed by atoms with Crippen molar-refractivity contribution in [2.24, 2.45) is 0 Å². The number of hydrogen-bond acceptors (Lipinski definition) is 0. The van der Waals surface area contributed by atoms with E-state index in [1.165, 1.54) is 0 Å². The molecule has 0 aromatic heterocycles. The molecule has 0 rings (SSSR count). The van der Waals surface area contributed by atoms with E-state index < -0.39 is 0 Å². The van der Waals surface area contributed by atoms with E-state index in [2.05, 4.69) is 0 Å². The summed E-state index contributed by atoms with van der Waals surface area (Å²) in [6.45, 7) is 0. The van der Waals surface area contributed by atoms with Gasteiger partial charge in [-0.05, 0) is 0 Å². The summed E-state index contributed by atoms with van der Waals surface area (Å²) in [5.41, 5.74) is 0. The van der Waals surface area contributed by atoms with Gasteiger partial charge in [-0.15, -0.1) is 0 Å². The van der Waals surface area contributed by atoms with E-state index in [9.17, 15) is 0 Å². The monoisotopic (exact) mass is 255 g/mol. The van der Waals surface area contributed by atoms with E-state index in [1.54, 1.807) is 0 Å². The summed E-state index contributed by atoms with van der Waals surface area (Å²) in [6.07, 6.45) is 0. The molecule has 0 atom stereocenters. The van der Waals surface area contributed by atoms with Gasteiger partial charge in [0, 0.05) is 0 Å². The Bertz CT molecular complexity index is 7.51. The molecule has 0 spiro atoms. The molecule has 0 amide bonds. The molecule has 0 heterocycles. The van der Waals surface area contributed by atoms with Crippen LogP contribution in [0.25, 0.3) is 0 Å². The van der Waals surface area contributed by atoms with E-state index >= 15 is 0 Å². The van der Waals surface area contributed by atoms with Crippen molar-refractivity contribution < 1.29 is 112 Å². The second-order valence-corrected chi connectivity index (χ2v) is 0. The van der Waals surface area contributed by atoms with Crippen LogP contribution >= 0.6 is 0 Å². The molecule has 0 saturated heterocycles. The van der Waals surface area contributed by atoms with Crippen molar-refractivity contribution in [2.75, 3.05) is 0 Å². The Balaban J connectivity index is 0. The molecule has 1 radical (unpaired) electrons. The van der Waals surface area contributed by atoms with Gasteiger partial charge in [0.2, 0.25) is 0 Å². The van der Waals surface area contributed by atoms with Gasteiger partial charge < -0.3 is 18.8 Å². The van der Waals surface area contributed by atoms with Crippen LogP contribution in [0.1, 0.15) is 0 Å². The number of rotatable bonds is 0. The van der Waals surface area contributed by atoms with Crippen molar-refractivity contribution in [1.82, 2.24) is 0 Å². The van der Waals surface area contributed by atoms with Crippen molar-refractivity contribution in [3.05, 3.63) is 0 Å². The Hall–Kier alpha value is 2.73. The molecule has 0 fully saturated rings. The Morgan fingerprint density at radius 1 is 0.500 bits per heavy atom. The van der Waals surface area contributed by atoms with Gasteiger partial charge in [-0.2, -0.15) is 0 Å². The number of halogens is 4. The maximum atomic E-state index is 0. The Morgan fingerprint density at radius 3 is 0.500 bits per heavy atom. The molecule has 0 nitrogen and oxygen atoms in total. The van der Waals surface area contributed by atoms with Crippen LogP contribution < -0.4 is 70.2 Å². The third-order valence-electron chi connectivity index (χ3n) is 0. The van der Waals surface area contributed by atoms with Gasteiger partial charge in [0.15, 0.2) is 0 Å². The third-order valence-corrected chi connectivity index (χ3v) is 0. The van der Waals surface area contributed by atoms with E-state index in [1.807, 2.05) is 0 Å². The standard InChI is InChI=1S/Ce.4FH.K/h;4*1H;/q+3;;;;;+1/p-4. The van der Waals surface area contributed by atoms with Crippen LogP contribution in [0.15, 0.2) is 0 Å². The molecule has 0 aliphatic carbocycles. The first-order valence-corrected chi connectivity index (χ1v) is 0. The maximum absolute atomic E-state index is 0. The summed E-state index contributed by atoms with van der Waals surface area (Å²) >= 11 is 0. The van der Waals surface area contributed by atoms with Crippen LogP contribution in [0.5, 0.6) is 0 Å². The average Bonchev–Trinajstić information content (AvgIpc) is 0. The summed E-state index contributed by atoms with van der Waals surface area (Å²) in [7, 11) is 0. The zero-order valence-corrected chi connectivity index (χ0v) is 9.28. The molecule has 0 N–H and O–H groups in total. The predicted molar refractivity (Wildman–Crippen MR) is 0 cm³/mol. The zero-order chi connectivity index (χ0) is 0. The second kappa shape index (κ2) is 46.9. The predicted octanol–water partition coefficient (Wildman–Crippen LogP) is -15.0. The largest absolute Gasteiger partial charge is 3.00 e. The smallest absolute Gasteiger partial charge is 1.00 e. The molecule has 0 unspecified atom stereocenters. The van der Waals surface area contributed by atoms with Crippen LogP contribution in [0, 0.1) is 41.7 Å². The van der Waals surface area contributed by atoms with E-state index in [4.69, 9.17) is 0 Å². The second-order valence-electron chi connectivity index (χ2n) is 0. The van der Waals surface area contributed by atoms with Crippen molar-refractivity contribution in [1.29, 1.82) is 0 Å². The minimum Gasteiger partial charge on any atom is -1.00 e. The van der Waals surface area contributed by atoms with E-state index in [-0.39, 0.29) is 112 Å². The summed E-state index contributed by atoms with van der Waals surface area (Å²) in [6, 6.07) is 0. The quantitative estimate of drug-likeness (QED) is 0.298. The molecule has 33 valence electrons. The molecule has 0 bridgehead atoms. The average molecular weight is 255 g/mol. The molecule has 6 heteroatoms. The minimum absolute atomic E-state index is 0. The normalized spacial score (nSPS) is 0. The molecule has 0 aromatic rings. The van der Waals surface area contributed by atoms with Gasteiger partial charge in [-0.25, -0.2) is 0 Å². The minimum atomic E-state index is 0. The van der Waals surface area contributed by atoms with Gasteiger partial charge in [0.1, 0.15) is 0 Å². The fraction of sp³-hybridized carbons (Fsp3) is 0. The topological polar surface area (TPSA) is 0 Å². The van der Waals surface area contributed by atoms with Crippen molar-refractivity contribution in [2.45, 2.75) is 0 Å². The first kappa shape index (κ1) is 69.9. The zero-order valence-electron chi connectivity index (χ0n) is 3.01. The molecular weight excluding hydrogens is 255 g/mol. The summed E-state index contributed by atoms with van der Waals surface area (Å²) in [5, 5.41) is 0. The van der Waals surface area contributed by atoms with Crippen molar-refractivity contribution >= 4 is 0 Å². The molecular formula is CeF4K. The maximum Gasteiger partial charge on any atom is 3.00 e. The van der Waals surface area contributed by atoms with Crippen LogP contribution in [-0.4, -0.2) is 0 Å². The van der Waals surface area contributed by atoms with Gasteiger partial charge in [-0.1, -0.05) is 0 Å². The summed E-state index contributed by atoms with van der Waals surface area (Å²) < 4.78 is 0. The van der Waals surface area contributed by atoms with Gasteiger partial charge >= 0.3 is 93.1 Å². The van der Waals surface area contributed by atoms with Crippen LogP contribution in [0.2, 0.25) is 0 Å². The molecule has 0 aliphatic rings. The molecule has 6 heavy (non-hydrogen) atoms. The first-order valence-electron chi connectivity index (χ1n) is 0. The van der Waals surface area contributed by atoms with Crippen LogP contribution in [0.3, 0.4) is 0 Å². The van der Waals surface area contributed by atoms with Gasteiger partial charge in [-0.3, -0.25) is 0 Å². The summed E-state index contributed by atoms with van der Waals surface area (Å²) in [4.78, 5) is 0. The third kappa shape index (κ3) is 29.6. The van der Waals surface area contributed by atoms with Crippen LogP contribution in [0.4, 0.5) is 0 Å². The van der Waals surface area contributed by atoms with E-state index in [0.717, 1.165) is 0 Å². The number of hydrogen-bond donors (Lipinski definition) is 0. The Labute approximate surface area is 109 Å². The molecule has 0 saturated carbocycles. The van der Waals surface area contributed by atoms with Crippen molar-refractivity contribution in [3.63, 3.8) is 0 Å². The molecule has 0 aliphatic heterocycles. The van der Waals surface area contributed by atoms with Gasteiger partial charge in [0.05, 0.1) is 0 Å². The van der Waals surface area contributed by atoms with E-state index in [0.29, 0.717) is 0 Å². The van der Waals surface area contributed by atoms with Crippen molar-refractivity contribution in [3.8, 4) is 0 Å². The fourth-order valence-electron chi connectivity index (χ4n) is 0.